The minimum absolute atomic E-state index is 0.0110. The molecule has 0 saturated heterocycles. The van der Waals surface area contributed by atoms with Crippen molar-refractivity contribution in [2.75, 3.05) is 11.6 Å². The molecule has 1 aliphatic heterocycles. The third-order valence-corrected chi connectivity index (χ3v) is 7.58. The second kappa shape index (κ2) is 6.76. The molecule has 0 bridgehead atoms. The Morgan fingerprint density at radius 1 is 1.30 bits per heavy atom. The Morgan fingerprint density at radius 3 is 2.83 bits per heavy atom. The summed E-state index contributed by atoms with van der Waals surface area (Å²) < 4.78 is 53.2. The fourth-order valence-electron chi connectivity index (χ4n) is 4.69. The number of alkyl halides is 1. The van der Waals surface area contributed by atoms with Crippen LogP contribution in [-0.2, 0) is 42.0 Å². The minimum Gasteiger partial charge on any atom is -0.472 e. The highest BCUT2D eigenvalue weighted by atomic mass is 32.2. The van der Waals surface area contributed by atoms with Gasteiger partial charge in [-0.05, 0) is 48.4 Å². The lowest BCUT2D eigenvalue weighted by atomic mass is 9.98. The van der Waals surface area contributed by atoms with Crippen LogP contribution in [0.15, 0.2) is 15.5 Å². The van der Waals surface area contributed by atoms with Gasteiger partial charge in [0.25, 0.3) is 0 Å². The van der Waals surface area contributed by atoms with Crippen molar-refractivity contribution in [2.45, 2.75) is 62.7 Å². The van der Waals surface area contributed by atoms with Gasteiger partial charge in [-0.1, -0.05) is 0 Å². The maximum Gasteiger partial charge on any atom is 0.353 e. The summed E-state index contributed by atoms with van der Waals surface area (Å²) in [6.45, 7) is 2.41. The van der Waals surface area contributed by atoms with E-state index in [4.69, 9.17) is 4.74 Å². The number of urea groups is 1. The number of fused-ring (bicyclic) bond motifs is 3. The minimum atomic E-state index is -3.13. The van der Waals surface area contributed by atoms with Crippen molar-refractivity contribution in [3.8, 4) is 5.88 Å². The Labute approximate surface area is 173 Å². The third kappa shape index (κ3) is 3.00. The molecule has 1 aromatic heterocycles. The average molecular weight is 436 g/mol. The molecule has 7 nitrogen and oxygen atoms in total. The van der Waals surface area contributed by atoms with E-state index in [2.05, 4.69) is 14.8 Å². The van der Waals surface area contributed by atoms with Gasteiger partial charge in [-0.3, -0.25) is 0 Å². The van der Waals surface area contributed by atoms with Crippen molar-refractivity contribution in [3.63, 3.8) is 0 Å². The molecule has 3 atom stereocenters. The summed E-state index contributed by atoms with van der Waals surface area (Å²) in [6, 6.07) is -0.807. The number of carbonyl (C=O) groups is 1. The zero-order valence-corrected chi connectivity index (χ0v) is 17.5. The number of halogens is 2. The van der Waals surface area contributed by atoms with Crippen LogP contribution in [0.25, 0.3) is 0 Å². The van der Waals surface area contributed by atoms with Crippen LogP contribution in [0.5, 0.6) is 5.88 Å². The van der Waals surface area contributed by atoms with Gasteiger partial charge in [-0.25, -0.2) is 22.5 Å². The normalized spacial score (nSPS) is 23.3. The number of aromatic nitrogens is 2. The van der Waals surface area contributed by atoms with Crippen LogP contribution in [0.1, 0.15) is 35.6 Å². The monoisotopic (exact) mass is 436 g/mol. The lowest BCUT2D eigenvalue weighted by Gasteiger charge is -2.16. The van der Waals surface area contributed by atoms with Crippen LogP contribution in [0.4, 0.5) is 19.3 Å². The van der Waals surface area contributed by atoms with E-state index >= 15 is 0 Å². The molecule has 1 aromatic carbocycles. The molecule has 0 saturated carbocycles. The number of benzene rings is 1. The first-order valence-corrected chi connectivity index (χ1v) is 11.9. The van der Waals surface area contributed by atoms with Crippen LogP contribution in [0.2, 0.25) is 0 Å². The number of nitrogens with zero attached hydrogens (tertiary/aromatic N) is 3. The van der Waals surface area contributed by atoms with Gasteiger partial charge in [0.2, 0.25) is 5.88 Å². The number of amides is 2. The Morgan fingerprint density at radius 2 is 2.03 bits per heavy atom. The number of rotatable bonds is 2. The Hall–Kier alpha value is -2.49. The van der Waals surface area contributed by atoms with E-state index < -0.39 is 21.9 Å². The molecule has 160 valence electrons. The van der Waals surface area contributed by atoms with Crippen LogP contribution < -0.4 is 10.1 Å². The van der Waals surface area contributed by atoms with Crippen molar-refractivity contribution in [1.29, 1.82) is 0 Å². The Bertz CT molecular complexity index is 1200. The van der Waals surface area contributed by atoms with Crippen molar-refractivity contribution in [3.05, 3.63) is 34.3 Å². The standard InChI is InChI=1S/C20H22F2N4O3S/c1-10-9-26-19(29-10)16(8-23-26)30(2,28)25-20(27)24-18-13-5-3-4-12(13)17(22)14-6-11(21)7-15(14)18/h8,10-11H,3-7,9H2,1-2H3,(H,24,27)/t10-,11+,30?/m1/s1. The van der Waals surface area contributed by atoms with Gasteiger partial charge in [0.05, 0.1) is 22.5 Å². The lowest BCUT2D eigenvalue weighted by Crippen LogP contribution is -2.15. The molecule has 30 heavy (non-hydrogen) atoms. The molecule has 2 aromatic rings. The highest BCUT2D eigenvalue weighted by Crippen LogP contribution is 2.41. The summed E-state index contributed by atoms with van der Waals surface area (Å²) in [5.74, 6) is 0.0176. The van der Waals surface area contributed by atoms with Crippen molar-refractivity contribution < 1.29 is 22.5 Å². The fourth-order valence-corrected chi connectivity index (χ4v) is 5.87. The maximum atomic E-state index is 14.8. The lowest BCUT2D eigenvalue weighted by molar-refractivity contribution is 0.248. The van der Waals surface area contributed by atoms with Crippen LogP contribution >= 0.6 is 0 Å². The number of hydrogen-bond acceptors (Lipinski definition) is 4. The summed E-state index contributed by atoms with van der Waals surface area (Å²) in [5.41, 5.74) is 2.53. The zero-order chi connectivity index (χ0) is 21.2. The second-order valence-corrected chi connectivity index (χ2v) is 10.4. The maximum absolute atomic E-state index is 14.8. The van der Waals surface area contributed by atoms with E-state index in [1.54, 1.807) is 4.68 Å². The van der Waals surface area contributed by atoms with E-state index in [1.807, 2.05) is 6.92 Å². The number of ether oxygens (including phenoxy) is 1. The van der Waals surface area contributed by atoms with Gasteiger partial charge >= 0.3 is 6.03 Å². The van der Waals surface area contributed by atoms with Gasteiger partial charge in [0.15, 0.2) is 0 Å². The number of hydrogen-bond donors (Lipinski definition) is 1. The molecule has 2 amide bonds. The molecule has 10 heteroatoms. The highest BCUT2D eigenvalue weighted by molar-refractivity contribution is 7.93. The van der Waals surface area contributed by atoms with Crippen LogP contribution in [0.3, 0.4) is 0 Å². The Balaban J connectivity index is 1.51. The first kappa shape index (κ1) is 19.5. The topological polar surface area (TPSA) is 85.6 Å². The number of anilines is 1. The number of carbonyl (C=O) groups excluding carboxylic acids is 1. The van der Waals surface area contributed by atoms with Crippen molar-refractivity contribution >= 4 is 21.4 Å². The molecule has 2 aliphatic carbocycles. The molecule has 0 fully saturated rings. The highest BCUT2D eigenvalue weighted by Gasteiger charge is 2.34. The van der Waals surface area contributed by atoms with E-state index in [0.29, 0.717) is 53.2 Å². The zero-order valence-electron chi connectivity index (χ0n) is 16.7. The smallest absolute Gasteiger partial charge is 0.353 e. The summed E-state index contributed by atoms with van der Waals surface area (Å²) in [4.78, 5) is 13.0. The molecule has 3 aliphatic rings. The van der Waals surface area contributed by atoms with Gasteiger partial charge in [0, 0.05) is 24.8 Å². The van der Waals surface area contributed by atoms with Crippen molar-refractivity contribution in [1.82, 2.24) is 9.78 Å². The van der Waals surface area contributed by atoms with E-state index in [1.165, 1.54) is 12.5 Å². The second-order valence-electron chi connectivity index (χ2n) is 8.21. The molecule has 1 N–H and O–H groups in total. The summed E-state index contributed by atoms with van der Waals surface area (Å²) in [6.07, 6.45) is 3.50. The molecular weight excluding hydrogens is 414 g/mol. The largest absolute Gasteiger partial charge is 0.472 e. The van der Waals surface area contributed by atoms with Gasteiger partial charge in [-0.2, -0.15) is 5.10 Å². The molecular formula is C20H22F2N4O3S. The Kier molecular flexibility index (Phi) is 4.39. The molecule has 0 radical (unpaired) electrons. The summed E-state index contributed by atoms with van der Waals surface area (Å²) in [7, 11) is -3.13. The quantitative estimate of drug-likeness (QED) is 0.782. The fraction of sp³-hybridized carbons (Fsp3) is 0.500. The average Bonchev–Trinajstić information content (AvgIpc) is 3.40. The first-order chi connectivity index (χ1) is 14.2. The van der Waals surface area contributed by atoms with Crippen molar-refractivity contribution in [2.24, 2.45) is 4.36 Å². The van der Waals surface area contributed by atoms with E-state index in [-0.39, 0.29) is 29.7 Å². The SMILES string of the molecule is C[C@@H]1Cn2ncc(S(C)(=O)=NC(=O)Nc3c4c(c(F)c5c3C[C@@H](F)C5)CCC4)c2O1. The third-order valence-electron chi connectivity index (χ3n) is 5.97. The first-order valence-electron chi connectivity index (χ1n) is 9.99. The molecule has 0 spiro atoms. The number of nitrogens with one attached hydrogen (secondary N) is 1. The predicted molar refractivity (Wildman–Crippen MR) is 107 cm³/mol. The molecule has 1 unspecified atom stereocenters. The van der Waals surface area contributed by atoms with E-state index in [0.717, 1.165) is 6.42 Å². The summed E-state index contributed by atoms with van der Waals surface area (Å²) in [5, 5.41) is 6.85. The molecule has 2 heterocycles. The van der Waals surface area contributed by atoms with E-state index in [9.17, 15) is 17.8 Å². The van der Waals surface area contributed by atoms with Gasteiger partial charge in [-0.15, -0.1) is 4.36 Å². The predicted octanol–water partition coefficient (Wildman–Crippen LogP) is 3.42. The summed E-state index contributed by atoms with van der Waals surface area (Å²) >= 11 is 0. The van der Waals surface area contributed by atoms with Crippen LogP contribution in [0, 0.1) is 5.82 Å². The van der Waals surface area contributed by atoms with Gasteiger partial charge < -0.3 is 10.1 Å². The van der Waals surface area contributed by atoms with Gasteiger partial charge in [0.1, 0.15) is 23.0 Å². The van der Waals surface area contributed by atoms with Crippen LogP contribution in [-0.4, -0.2) is 38.6 Å². The molecule has 5 rings (SSSR count).